The summed E-state index contributed by atoms with van der Waals surface area (Å²) in [6, 6.07) is 6.24. The Balaban J connectivity index is 2.11. The zero-order valence-corrected chi connectivity index (χ0v) is 13.4. The van der Waals surface area contributed by atoms with Crippen molar-refractivity contribution in [2.45, 2.75) is 45.8 Å². The van der Waals surface area contributed by atoms with Gasteiger partial charge >= 0.3 is 0 Å². The van der Waals surface area contributed by atoms with Gasteiger partial charge < -0.3 is 15.4 Å². The number of rotatable bonds is 4. The number of hydrogen-bond acceptors (Lipinski definition) is 3. The molecule has 1 aromatic carbocycles. The molecule has 4 heteroatoms. The minimum absolute atomic E-state index is 0.0387. The maximum absolute atomic E-state index is 11.9. The van der Waals surface area contributed by atoms with Crippen LogP contribution >= 0.6 is 0 Å². The van der Waals surface area contributed by atoms with Crippen molar-refractivity contribution in [2.75, 3.05) is 19.0 Å². The minimum Gasteiger partial charge on any atom is -0.382 e. The summed E-state index contributed by atoms with van der Waals surface area (Å²) >= 11 is 0. The largest absolute Gasteiger partial charge is 0.382 e. The van der Waals surface area contributed by atoms with Crippen LogP contribution in [0.4, 0.5) is 5.69 Å². The van der Waals surface area contributed by atoms with Crippen molar-refractivity contribution >= 4 is 11.6 Å². The molecule has 116 valence electrons. The van der Waals surface area contributed by atoms with E-state index in [9.17, 15) is 4.79 Å². The topological polar surface area (TPSA) is 50.4 Å². The standard InChI is InChI=1S/C17H26N2O2/c1-11(2)16-10-13(8-9-21-16)19-15-7-5-6-14(12(15)3)17(20)18-4/h5-7,11,13,16,19H,8-10H2,1-4H3,(H,18,20). The summed E-state index contributed by atoms with van der Waals surface area (Å²) in [6.45, 7) is 7.19. The van der Waals surface area contributed by atoms with Crippen LogP contribution < -0.4 is 10.6 Å². The van der Waals surface area contributed by atoms with Gasteiger partial charge in [-0.05, 0) is 43.4 Å². The highest BCUT2D eigenvalue weighted by Gasteiger charge is 2.25. The van der Waals surface area contributed by atoms with Crippen LogP contribution in [-0.4, -0.2) is 31.7 Å². The smallest absolute Gasteiger partial charge is 0.251 e. The summed E-state index contributed by atoms with van der Waals surface area (Å²) in [6.07, 6.45) is 2.34. The molecular formula is C17H26N2O2. The van der Waals surface area contributed by atoms with E-state index in [1.165, 1.54) is 0 Å². The molecule has 0 aromatic heterocycles. The molecule has 2 rings (SSSR count). The molecule has 1 amide bonds. The normalized spacial score (nSPS) is 22.1. The summed E-state index contributed by atoms with van der Waals surface area (Å²) in [5.74, 6) is 0.496. The molecule has 21 heavy (non-hydrogen) atoms. The Morgan fingerprint density at radius 2 is 2.14 bits per heavy atom. The van der Waals surface area contributed by atoms with Gasteiger partial charge in [-0.15, -0.1) is 0 Å². The Morgan fingerprint density at radius 1 is 1.38 bits per heavy atom. The van der Waals surface area contributed by atoms with E-state index < -0.39 is 0 Å². The fourth-order valence-electron chi connectivity index (χ4n) is 2.82. The van der Waals surface area contributed by atoms with E-state index in [2.05, 4.69) is 24.5 Å². The maximum Gasteiger partial charge on any atom is 0.251 e. The second kappa shape index (κ2) is 6.94. The predicted molar refractivity (Wildman–Crippen MR) is 85.8 cm³/mol. The van der Waals surface area contributed by atoms with Gasteiger partial charge in [0.2, 0.25) is 0 Å². The molecule has 1 aliphatic rings. The van der Waals surface area contributed by atoms with E-state index in [4.69, 9.17) is 4.74 Å². The molecule has 1 aromatic rings. The third kappa shape index (κ3) is 3.76. The van der Waals surface area contributed by atoms with E-state index >= 15 is 0 Å². The average molecular weight is 290 g/mol. The zero-order chi connectivity index (χ0) is 15.4. The first kappa shape index (κ1) is 15.8. The molecular weight excluding hydrogens is 264 g/mol. The Hall–Kier alpha value is -1.55. The number of nitrogens with one attached hydrogen (secondary N) is 2. The van der Waals surface area contributed by atoms with Gasteiger partial charge in [0.05, 0.1) is 6.10 Å². The summed E-state index contributed by atoms with van der Waals surface area (Å²) in [5.41, 5.74) is 2.78. The van der Waals surface area contributed by atoms with Crippen LogP contribution in [-0.2, 0) is 4.74 Å². The lowest BCUT2D eigenvalue weighted by molar-refractivity contribution is -0.0160. The van der Waals surface area contributed by atoms with Crippen LogP contribution in [0.3, 0.4) is 0 Å². The van der Waals surface area contributed by atoms with Gasteiger partial charge in [-0.25, -0.2) is 0 Å². The van der Waals surface area contributed by atoms with Crippen molar-refractivity contribution in [3.8, 4) is 0 Å². The fourth-order valence-corrected chi connectivity index (χ4v) is 2.82. The molecule has 0 saturated carbocycles. The van der Waals surface area contributed by atoms with Gasteiger partial charge in [-0.2, -0.15) is 0 Å². The Morgan fingerprint density at radius 3 is 2.81 bits per heavy atom. The average Bonchev–Trinajstić information content (AvgIpc) is 2.49. The van der Waals surface area contributed by atoms with E-state index in [1.807, 2.05) is 25.1 Å². The van der Waals surface area contributed by atoms with Crippen molar-refractivity contribution in [2.24, 2.45) is 5.92 Å². The molecule has 4 nitrogen and oxygen atoms in total. The molecule has 0 radical (unpaired) electrons. The highest BCUT2D eigenvalue weighted by atomic mass is 16.5. The molecule has 0 aliphatic carbocycles. The fraction of sp³-hybridized carbons (Fsp3) is 0.588. The number of benzene rings is 1. The zero-order valence-electron chi connectivity index (χ0n) is 13.4. The lowest BCUT2D eigenvalue weighted by Crippen LogP contribution is -2.36. The summed E-state index contributed by atoms with van der Waals surface area (Å²) in [7, 11) is 1.66. The molecule has 1 heterocycles. The SMILES string of the molecule is CNC(=O)c1cccc(NC2CCOC(C(C)C)C2)c1C. The number of ether oxygens (including phenoxy) is 1. The predicted octanol–water partition coefficient (Wildman–Crippen LogP) is 2.97. The number of hydrogen-bond donors (Lipinski definition) is 2. The van der Waals surface area contributed by atoms with Crippen molar-refractivity contribution in [3.63, 3.8) is 0 Å². The van der Waals surface area contributed by atoms with Crippen LogP contribution in [0.5, 0.6) is 0 Å². The highest BCUT2D eigenvalue weighted by Crippen LogP contribution is 2.26. The lowest BCUT2D eigenvalue weighted by Gasteiger charge is -2.33. The monoisotopic (exact) mass is 290 g/mol. The third-order valence-corrected chi connectivity index (χ3v) is 4.22. The van der Waals surface area contributed by atoms with E-state index in [0.29, 0.717) is 18.1 Å². The Bertz CT molecular complexity index is 500. The molecule has 1 saturated heterocycles. The van der Waals surface area contributed by atoms with Gasteiger partial charge in [0.25, 0.3) is 5.91 Å². The van der Waals surface area contributed by atoms with E-state index in [0.717, 1.165) is 36.3 Å². The second-order valence-corrected chi connectivity index (χ2v) is 6.08. The van der Waals surface area contributed by atoms with E-state index in [-0.39, 0.29) is 5.91 Å². The van der Waals surface area contributed by atoms with Crippen molar-refractivity contribution in [1.29, 1.82) is 0 Å². The minimum atomic E-state index is -0.0387. The van der Waals surface area contributed by atoms with Gasteiger partial charge in [0, 0.05) is 30.9 Å². The number of carbonyl (C=O) groups excluding carboxylic acids is 1. The molecule has 2 unspecified atom stereocenters. The van der Waals surface area contributed by atoms with Crippen molar-refractivity contribution < 1.29 is 9.53 Å². The molecule has 1 aliphatic heterocycles. The second-order valence-electron chi connectivity index (χ2n) is 6.08. The molecule has 0 spiro atoms. The van der Waals surface area contributed by atoms with Crippen LogP contribution in [0.1, 0.15) is 42.6 Å². The molecule has 2 N–H and O–H groups in total. The summed E-state index contributed by atoms with van der Waals surface area (Å²) in [4.78, 5) is 11.9. The Labute approximate surface area is 127 Å². The first-order valence-corrected chi connectivity index (χ1v) is 7.72. The number of anilines is 1. The summed E-state index contributed by atoms with van der Waals surface area (Å²) < 4.78 is 5.81. The third-order valence-electron chi connectivity index (χ3n) is 4.22. The van der Waals surface area contributed by atoms with Crippen molar-refractivity contribution in [3.05, 3.63) is 29.3 Å². The lowest BCUT2D eigenvalue weighted by atomic mass is 9.94. The van der Waals surface area contributed by atoms with Crippen LogP contribution in [0.25, 0.3) is 0 Å². The highest BCUT2D eigenvalue weighted by molar-refractivity contribution is 5.96. The maximum atomic E-state index is 11.9. The number of carbonyl (C=O) groups is 1. The van der Waals surface area contributed by atoms with Crippen LogP contribution in [0, 0.1) is 12.8 Å². The van der Waals surface area contributed by atoms with Crippen LogP contribution in [0.15, 0.2) is 18.2 Å². The van der Waals surface area contributed by atoms with Gasteiger partial charge in [-0.3, -0.25) is 4.79 Å². The van der Waals surface area contributed by atoms with E-state index in [1.54, 1.807) is 7.05 Å². The van der Waals surface area contributed by atoms with Crippen molar-refractivity contribution in [1.82, 2.24) is 5.32 Å². The van der Waals surface area contributed by atoms with Gasteiger partial charge in [-0.1, -0.05) is 19.9 Å². The molecule has 2 atom stereocenters. The summed E-state index contributed by atoms with van der Waals surface area (Å²) in [5, 5.41) is 6.28. The van der Waals surface area contributed by atoms with Gasteiger partial charge in [0.15, 0.2) is 0 Å². The Kier molecular flexibility index (Phi) is 5.23. The number of amides is 1. The first-order valence-electron chi connectivity index (χ1n) is 7.72. The molecule has 0 bridgehead atoms. The van der Waals surface area contributed by atoms with Gasteiger partial charge in [0.1, 0.15) is 0 Å². The first-order chi connectivity index (χ1) is 10.0. The van der Waals surface area contributed by atoms with Crippen LogP contribution in [0.2, 0.25) is 0 Å². The quantitative estimate of drug-likeness (QED) is 0.896. The molecule has 1 fully saturated rings.